The topological polar surface area (TPSA) is 78.9 Å². The predicted molar refractivity (Wildman–Crippen MR) is 80.2 cm³/mol. The summed E-state index contributed by atoms with van der Waals surface area (Å²) in [6, 6.07) is -0.138. The Labute approximate surface area is 126 Å². The summed E-state index contributed by atoms with van der Waals surface area (Å²) in [4.78, 5) is 25.0. The Hall–Kier alpha value is -1.30. The molecule has 1 rings (SSSR count). The number of carboxylic acid groups (broad SMARTS) is 1. The zero-order valence-electron chi connectivity index (χ0n) is 13.9. The van der Waals surface area contributed by atoms with Crippen LogP contribution in [-0.2, 0) is 9.53 Å². The molecule has 1 fully saturated rings. The van der Waals surface area contributed by atoms with Crippen molar-refractivity contribution in [3.05, 3.63) is 0 Å². The molecule has 0 aromatic rings. The second-order valence-corrected chi connectivity index (χ2v) is 7.66. The van der Waals surface area contributed by atoms with Gasteiger partial charge < -0.3 is 20.1 Å². The minimum atomic E-state index is -0.884. The average molecular weight is 300 g/mol. The number of aliphatic carboxylic acids is 1. The largest absolute Gasteiger partial charge is 0.481 e. The van der Waals surface area contributed by atoms with Crippen molar-refractivity contribution in [2.75, 3.05) is 13.1 Å². The fourth-order valence-electron chi connectivity index (χ4n) is 2.42. The average Bonchev–Trinajstić information content (AvgIpc) is 2.24. The van der Waals surface area contributed by atoms with E-state index in [1.807, 2.05) is 20.8 Å². The number of hydrogen-bond acceptors (Lipinski definition) is 4. The number of carboxylic acids is 1. The van der Waals surface area contributed by atoms with Crippen LogP contribution in [0.15, 0.2) is 0 Å². The quantitative estimate of drug-likeness (QED) is 0.816. The number of ether oxygens (including phenoxy) is 1. The Morgan fingerprint density at radius 1 is 1.19 bits per heavy atom. The standard InChI is InChI=1S/C15H28N2O4/c1-14(2,3)16-11-7-8-17(9-10(11)12(18)19)13(20)21-15(4,5)6/h10-11,16H,7-9H2,1-6H3,(H,18,19). The third-order valence-corrected chi connectivity index (χ3v) is 3.20. The van der Waals surface area contributed by atoms with Gasteiger partial charge in [-0.1, -0.05) is 0 Å². The van der Waals surface area contributed by atoms with Crippen LogP contribution in [0.1, 0.15) is 48.0 Å². The van der Waals surface area contributed by atoms with Crippen LogP contribution in [-0.4, -0.2) is 52.3 Å². The first-order chi connectivity index (χ1) is 9.39. The van der Waals surface area contributed by atoms with E-state index in [0.717, 1.165) is 0 Å². The lowest BCUT2D eigenvalue weighted by molar-refractivity contribution is -0.144. The lowest BCUT2D eigenvalue weighted by atomic mass is 9.90. The molecule has 21 heavy (non-hydrogen) atoms. The molecule has 0 saturated carbocycles. The normalized spacial score (nSPS) is 23.8. The smallest absolute Gasteiger partial charge is 0.410 e. The number of hydrogen-bond donors (Lipinski definition) is 2. The van der Waals surface area contributed by atoms with E-state index >= 15 is 0 Å². The van der Waals surface area contributed by atoms with Gasteiger partial charge in [0.25, 0.3) is 0 Å². The van der Waals surface area contributed by atoms with Crippen molar-refractivity contribution in [3.8, 4) is 0 Å². The molecule has 0 spiro atoms. The van der Waals surface area contributed by atoms with Crippen LogP contribution in [0.25, 0.3) is 0 Å². The van der Waals surface area contributed by atoms with Gasteiger partial charge in [0.05, 0.1) is 5.92 Å². The van der Waals surface area contributed by atoms with Crippen LogP contribution in [0.3, 0.4) is 0 Å². The summed E-state index contributed by atoms with van der Waals surface area (Å²) in [6.07, 6.45) is 0.163. The summed E-state index contributed by atoms with van der Waals surface area (Å²) >= 11 is 0. The molecule has 0 aromatic heterocycles. The van der Waals surface area contributed by atoms with E-state index in [2.05, 4.69) is 5.32 Å². The summed E-state index contributed by atoms with van der Waals surface area (Å²) in [6.45, 7) is 12.1. The second-order valence-electron chi connectivity index (χ2n) is 7.66. The van der Waals surface area contributed by atoms with Gasteiger partial charge >= 0.3 is 12.1 Å². The lowest BCUT2D eigenvalue weighted by Gasteiger charge is -2.40. The Morgan fingerprint density at radius 2 is 1.76 bits per heavy atom. The van der Waals surface area contributed by atoms with E-state index in [0.29, 0.717) is 13.0 Å². The van der Waals surface area contributed by atoms with Crippen LogP contribution >= 0.6 is 0 Å². The third kappa shape index (κ3) is 5.91. The second kappa shape index (κ2) is 6.22. The van der Waals surface area contributed by atoms with E-state index in [-0.39, 0.29) is 18.1 Å². The van der Waals surface area contributed by atoms with Crippen molar-refractivity contribution in [2.24, 2.45) is 5.92 Å². The fraction of sp³-hybridized carbons (Fsp3) is 0.867. The van der Waals surface area contributed by atoms with Gasteiger partial charge in [0.15, 0.2) is 0 Å². The maximum Gasteiger partial charge on any atom is 0.410 e. The molecule has 1 heterocycles. The van der Waals surface area contributed by atoms with Crippen LogP contribution in [0, 0.1) is 5.92 Å². The predicted octanol–water partition coefficient (Wildman–Crippen LogP) is 2.08. The van der Waals surface area contributed by atoms with Crippen molar-refractivity contribution >= 4 is 12.1 Å². The van der Waals surface area contributed by atoms with Crippen LogP contribution in [0.4, 0.5) is 4.79 Å². The first-order valence-electron chi connectivity index (χ1n) is 7.37. The van der Waals surface area contributed by atoms with Gasteiger partial charge in [-0.15, -0.1) is 0 Å². The van der Waals surface area contributed by atoms with Gasteiger partial charge in [-0.2, -0.15) is 0 Å². The molecule has 1 amide bonds. The van der Waals surface area contributed by atoms with Gasteiger partial charge in [-0.3, -0.25) is 4.79 Å². The lowest BCUT2D eigenvalue weighted by Crippen LogP contribution is -2.57. The molecule has 1 aliphatic heterocycles. The molecule has 1 aliphatic rings. The molecule has 1 saturated heterocycles. The Balaban J connectivity index is 2.73. The molecule has 0 radical (unpaired) electrons. The number of rotatable bonds is 2. The van der Waals surface area contributed by atoms with Crippen LogP contribution in [0.2, 0.25) is 0 Å². The van der Waals surface area contributed by atoms with Gasteiger partial charge in [0, 0.05) is 24.7 Å². The fourth-order valence-corrected chi connectivity index (χ4v) is 2.42. The third-order valence-electron chi connectivity index (χ3n) is 3.20. The number of carbonyl (C=O) groups excluding carboxylic acids is 1. The van der Waals surface area contributed by atoms with Crippen molar-refractivity contribution in [1.29, 1.82) is 0 Å². The number of carbonyl (C=O) groups is 2. The highest BCUT2D eigenvalue weighted by molar-refractivity contribution is 5.74. The summed E-state index contributed by atoms with van der Waals surface area (Å²) in [7, 11) is 0. The Kier molecular flexibility index (Phi) is 5.25. The molecule has 122 valence electrons. The number of nitrogens with one attached hydrogen (secondary N) is 1. The first kappa shape index (κ1) is 17.8. The minimum Gasteiger partial charge on any atom is -0.481 e. The van der Waals surface area contributed by atoms with Crippen LogP contribution < -0.4 is 5.32 Å². The highest BCUT2D eigenvalue weighted by Crippen LogP contribution is 2.22. The molecule has 0 aromatic carbocycles. The zero-order chi connectivity index (χ0) is 16.4. The maximum atomic E-state index is 12.1. The molecular formula is C15H28N2O4. The highest BCUT2D eigenvalue weighted by atomic mass is 16.6. The van der Waals surface area contributed by atoms with E-state index in [9.17, 15) is 14.7 Å². The number of piperidine rings is 1. The van der Waals surface area contributed by atoms with E-state index in [1.165, 1.54) is 4.90 Å². The molecule has 6 heteroatoms. The summed E-state index contributed by atoms with van der Waals surface area (Å²) in [5, 5.41) is 12.8. The maximum absolute atomic E-state index is 12.1. The minimum absolute atomic E-state index is 0.138. The molecule has 0 bridgehead atoms. The summed E-state index contributed by atoms with van der Waals surface area (Å²) in [5.41, 5.74) is -0.733. The molecule has 0 aliphatic carbocycles. The van der Waals surface area contributed by atoms with Gasteiger partial charge in [-0.25, -0.2) is 4.79 Å². The number of amides is 1. The summed E-state index contributed by atoms with van der Waals surface area (Å²) < 4.78 is 5.32. The van der Waals surface area contributed by atoms with Crippen molar-refractivity contribution in [3.63, 3.8) is 0 Å². The van der Waals surface area contributed by atoms with Crippen LogP contribution in [0.5, 0.6) is 0 Å². The van der Waals surface area contributed by atoms with Crippen molar-refractivity contribution in [1.82, 2.24) is 10.2 Å². The van der Waals surface area contributed by atoms with Gasteiger partial charge in [0.2, 0.25) is 0 Å². The number of nitrogens with zero attached hydrogens (tertiary/aromatic N) is 1. The highest BCUT2D eigenvalue weighted by Gasteiger charge is 2.38. The van der Waals surface area contributed by atoms with Gasteiger partial charge in [0.1, 0.15) is 5.60 Å². The first-order valence-corrected chi connectivity index (χ1v) is 7.37. The van der Waals surface area contributed by atoms with Crippen molar-refractivity contribution < 1.29 is 19.4 Å². The van der Waals surface area contributed by atoms with E-state index in [4.69, 9.17) is 4.74 Å². The van der Waals surface area contributed by atoms with E-state index < -0.39 is 23.6 Å². The molecule has 2 N–H and O–H groups in total. The zero-order valence-corrected chi connectivity index (χ0v) is 13.9. The number of likely N-dealkylation sites (tertiary alicyclic amines) is 1. The van der Waals surface area contributed by atoms with Crippen molar-refractivity contribution in [2.45, 2.75) is 65.1 Å². The molecule has 6 nitrogen and oxygen atoms in total. The Morgan fingerprint density at radius 3 is 2.19 bits per heavy atom. The summed E-state index contributed by atoms with van der Waals surface area (Å²) in [5.74, 6) is -1.50. The SMILES string of the molecule is CC(C)(C)NC1CCN(C(=O)OC(C)(C)C)CC1C(=O)O. The monoisotopic (exact) mass is 300 g/mol. The Bertz CT molecular complexity index is 395. The van der Waals surface area contributed by atoms with E-state index in [1.54, 1.807) is 20.8 Å². The molecule has 2 atom stereocenters. The molecular weight excluding hydrogens is 272 g/mol. The molecule has 2 unspecified atom stereocenters. The van der Waals surface area contributed by atoms with Gasteiger partial charge in [-0.05, 0) is 48.0 Å².